The summed E-state index contributed by atoms with van der Waals surface area (Å²) < 4.78 is 0. The molecular formula is C15H20N2O3. The number of nitrogens with one attached hydrogen (secondary N) is 1. The second-order valence-corrected chi connectivity index (χ2v) is 5.23. The zero-order valence-electron chi connectivity index (χ0n) is 11.4. The third kappa shape index (κ3) is 3.79. The van der Waals surface area contributed by atoms with Crippen molar-refractivity contribution in [2.24, 2.45) is 11.8 Å². The van der Waals surface area contributed by atoms with Gasteiger partial charge in [-0.25, -0.2) is 0 Å². The summed E-state index contributed by atoms with van der Waals surface area (Å²) in [5, 5.41) is 12.0. The molecule has 5 nitrogen and oxygen atoms in total. The fourth-order valence-corrected chi connectivity index (χ4v) is 2.75. The van der Waals surface area contributed by atoms with Gasteiger partial charge in [-0.3, -0.25) is 14.6 Å². The molecule has 1 aromatic rings. The van der Waals surface area contributed by atoms with Crippen molar-refractivity contribution in [2.45, 2.75) is 32.1 Å². The Morgan fingerprint density at radius 3 is 2.50 bits per heavy atom. The zero-order chi connectivity index (χ0) is 14.4. The van der Waals surface area contributed by atoms with Crippen molar-refractivity contribution in [3.63, 3.8) is 0 Å². The molecule has 2 rings (SSSR count). The molecule has 1 fully saturated rings. The molecule has 0 aliphatic heterocycles. The standard InChI is InChI=1S/C15H20N2O3/c18-14(12-3-1-2-4-13(12)15(19)20)17-10-7-11-5-8-16-9-6-11/h5-6,8-9,12-13H,1-4,7,10H2,(H,17,18)(H,19,20)/t12-,13+/m1/s1. The quantitative estimate of drug-likeness (QED) is 0.856. The van der Waals surface area contributed by atoms with Crippen LogP contribution in [0.3, 0.4) is 0 Å². The Morgan fingerprint density at radius 2 is 1.85 bits per heavy atom. The van der Waals surface area contributed by atoms with Gasteiger partial charge in [0.1, 0.15) is 0 Å². The first-order valence-corrected chi connectivity index (χ1v) is 7.08. The van der Waals surface area contributed by atoms with Crippen LogP contribution in [0, 0.1) is 11.8 Å². The molecule has 5 heteroatoms. The molecule has 0 bridgehead atoms. The van der Waals surface area contributed by atoms with Crippen LogP contribution in [-0.4, -0.2) is 28.5 Å². The van der Waals surface area contributed by atoms with Crippen LogP contribution in [0.25, 0.3) is 0 Å². The minimum Gasteiger partial charge on any atom is -0.481 e. The van der Waals surface area contributed by atoms with E-state index in [1.165, 1.54) is 0 Å². The van der Waals surface area contributed by atoms with Gasteiger partial charge in [0.25, 0.3) is 0 Å². The Labute approximate surface area is 118 Å². The van der Waals surface area contributed by atoms with Gasteiger partial charge in [0.2, 0.25) is 5.91 Å². The highest BCUT2D eigenvalue weighted by Crippen LogP contribution is 2.30. The Bertz CT molecular complexity index is 461. The van der Waals surface area contributed by atoms with Gasteiger partial charge < -0.3 is 10.4 Å². The molecule has 0 aromatic carbocycles. The maximum atomic E-state index is 12.1. The molecule has 2 atom stereocenters. The molecule has 1 aliphatic carbocycles. The molecule has 0 radical (unpaired) electrons. The van der Waals surface area contributed by atoms with Crippen LogP contribution < -0.4 is 5.32 Å². The molecule has 1 aromatic heterocycles. The van der Waals surface area contributed by atoms with Crippen LogP contribution in [0.4, 0.5) is 0 Å². The molecule has 20 heavy (non-hydrogen) atoms. The minimum atomic E-state index is -0.848. The lowest BCUT2D eigenvalue weighted by Crippen LogP contribution is -2.40. The number of carboxylic acids is 1. The lowest BCUT2D eigenvalue weighted by molar-refractivity contribution is -0.148. The number of pyridine rings is 1. The topological polar surface area (TPSA) is 79.3 Å². The van der Waals surface area contributed by atoms with E-state index in [0.29, 0.717) is 19.4 Å². The third-order valence-electron chi connectivity index (χ3n) is 3.88. The van der Waals surface area contributed by atoms with Crippen LogP contribution in [0.2, 0.25) is 0 Å². The fourth-order valence-electron chi connectivity index (χ4n) is 2.75. The number of carbonyl (C=O) groups is 2. The number of hydrogen-bond donors (Lipinski definition) is 2. The smallest absolute Gasteiger partial charge is 0.307 e. The number of carboxylic acid groups (broad SMARTS) is 1. The first kappa shape index (κ1) is 14.5. The van der Waals surface area contributed by atoms with E-state index in [2.05, 4.69) is 10.3 Å². The SMILES string of the molecule is O=C(O)[C@H]1CCCC[C@H]1C(=O)NCCc1ccncc1. The van der Waals surface area contributed by atoms with Gasteiger partial charge in [0.15, 0.2) is 0 Å². The maximum Gasteiger partial charge on any atom is 0.307 e. The van der Waals surface area contributed by atoms with Crippen LogP contribution in [0.5, 0.6) is 0 Å². The van der Waals surface area contributed by atoms with Crippen LogP contribution in [0.15, 0.2) is 24.5 Å². The van der Waals surface area contributed by atoms with E-state index in [1.54, 1.807) is 12.4 Å². The van der Waals surface area contributed by atoms with Gasteiger partial charge in [-0.2, -0.15) is 0 Å². The average Bonchev–Trinajstić information content (AvgIpc) is 2.48. The van der Waals surface area contributed by atoms with Crippen molar-refractivity contribution in [1.29, 1.82) is 0 Å². The van der Waals surface area contributed by atoms with Crippen molar-refractivity contribution in [2.75, 3.05) is 6.54 Å². The Morgan fingerprint density at radius 1 is 1.20 bits per heavy atom. The summed E-state index contributed by atoms with van der Waals surface area (Å²) in [6.45, 7) is 0.533. The van der Waals surface area contributed by atoms with Crippen LogP contribution in [0.1, 0.15) is 31.2 Å². The monoisotopic (exact) mass is 276 g/mol. The number of rotatable bonds is 5. The third-order valence-corrected chi connectivity index (χ3v) is 3.88. The Hall–Kier alpha value is -1.91. The molecule has 1 amide bonds. The van der Waals surface area contributed by atoms with Gasteiger partial charge >= 0.3 is 5.97 Å². The average molecular weight is 276 g/mol. The van der Waals surface area contributed by atoms with E-state index in [0.717, 1.165) is 24.8 Å². The number of nitrogens with zero attached hydrogens (tertiary/aromatic N) is 1. The van der Waals surface area contributed by atoms with Crippen molar-refractivity contribution < 1.29 is 14.7 Å². The molecule has 1 saturated carbocycles. The lowest BCUT2D eigenvalue weighted by Gasteiger charge is -2.27. The number of aliphatic carboxylic acids is 1. The predicted molar refractivity (Wildman–Crippen MR) is 74.0 cm³/mol. The Balaban J connectivity index is 1.83. The lowest BCUT2D eigenvalue weighted by atomic mass is 9.78. The van der Waals surface area contributed by atoms with E-state index in [9.17, 15) is 14.7 Å². The molecule has 0 unspecified atom stereocenters. The summed E-state index contributed by atoms with van der Waals surface area (Å²) >= 11 is 0. The maximum absolute atomic E-state index is 12.1. The molecule has 1 aliphatic rings. The summed E-state index contributed by atoms with van der Waals surface area (Å²) in [6, 6.07) is 3.82. The van der Waals surface area contributed by atoms with Crippen molar-refractivity contribution in [3.05, 3.63) is 30.1 Å². The predicted octanol–water partition coefficient (Wildman–Crippen LogP) is 1.63. The summed E-state index contributed by atoms with van der Waals surface area (Å²) in [5.41, 5.74) is 1.11. The highest BCUT2D eigenvalue weighted by atomic mass is 16.4. The van der Waals surface area contributed by atoms with E-state index in [-0.39, 0.29) is 11.8 Å². The first-order chi connectivity index (χ1) is 9.68. The molecule has 108 valence electrons. The number of hydrogen-bond acceptors (Lipinski definition) is 3. The van der Waals surface area contributed by atoms with Gasteiger partial charge in [-0.1, -0.05) is 12.8 Å². The fraction of sp³-hybridized carbons (Fsp3) is 0.533. The second-order valence-electron chi connectivity index (χ2n) is 5.23. The van der Waals surface area contributed by atoms with Crippen molar-refractivity contribution in [3.8, 4) is 0 Å². The second kappa shape index (κ2) is 7.03. The first-order valence-electron chi connectivity index (χ1n) is 7.08. The molecular weight excluding hydrogens is 256 g/mol. The molecule has 0 spiro atoms. The molecule has 2 N–H and O–H groups in total. The minimum absolute atomic E-state index is 0.119. The molecule has 0 saturated heterocycles. The van der Waals surface area contributed by atoms with Gasteiger partial charge in [0, 0.05) is 18.9 Å². The zero-order valence-corrected chi connectivity index (χ0v) is 11.4. The number of amides is 1. The van der Waals surface area contributed by atoms with Crippen molar-refractivity contribution >= 4 is 11.9 Å². The number of aromatic nitrogens is 1. The van der Waals surface area contributed by atoms with E-state index < -0.39 is 11.9 Å². The van der Waals surface area contributed by atoms with E-state index in [4.69, 9.17) is 0 Å². The van der Waals surface area contributed by atoms with E-state index in [1.807, 2.05) is 12.1 Å². The highest BCUT2D eigenvalue weighted by Gasteiger charge is 2.35. The van der Waals surface area contributed by atoms with E-state index >= 15 is 0 Å². The van der Waals surface area contributed by atoms with Crippen molar-refractivity contribution in [1.82, 2.24) is 10.3 Å². The normalized spacial score (nSPS) is 22.2. The van der Waals surface area contributed by atoms with Gasteiger partial charge in [-0.15, -0.1) is 0 Å². The largest absolute Gasteiger partial charge is 0.481 e. The van der Waals surface area contributed by atoms with Crippen LogP contribution >= 0.6 is 0 Å². The van der Waals surface area contributed by atoms with Gasteiger partial charge in [0.05, 0.1) is 11.8 Å². The number of carbonyl (C=O) groups excluding carboxylic acids is 1. The summed E-state index contributed by atoms with van der Waals surface area (Å²) in [6.07, 6.45) is 7.30. The van der Waals surface area contributed by atoms with Crippen LogP contribution in [-0.2, 0) is 16.0 Å². The molecule has 1 heterocycles. The van der Waals surface area contributed by atoms with Gasteiger partial charge in [-0.05, 0) is 37.0 Å². The highest BCUT2D eigenvalue weighted by molar-refractivity contribution is 5.84. The summed E-state index contributed by atoms with van der Waals surface area (Å²) in [4.78, 5) is 27.2. The summed E-state index contributed by atoms with van der Waals surface area (Å²) in [5.74, 6) is -1.87. The Kier molecular flexibility index (Phi) is 5.09. The summed E-state index contributed by atoms with van der Waals surface area (Å²) in [7, 11) is 0.